The Morgan fingerprint density at radius 1 is 0.961 bits per heavy atom. The van der Waals surface area contributed by atoms with Gasteiger partial charge in [0, 0.05) is 101 Å². The second kappa shape index (κ2) is 14.3. The van der Waals surface area contributed by atoms with E-state index < -0.39 is 10.0 Å². The number of sulfonamides is 1. The Bertz CT molecular complexity index is 2010. The minimum absolute atomic E-state index is 0.0275. The summed E-state index contributed by atoms with van der Waals surface area (Å²) >= 11 is 6.58. The number of benzene rings is 2. The topological polar surface area (TPSA) is 142 Å². The summed E-state index contributed by atoms with van der Waals surface area (Å²) in [5, 5.41) is 11.2. The number of halogens is 1. The summed E-state index contributed by atoms with van der Waals surface area (Å²) in [6.07, 6.45) is 8.65. The summed E-state index contributed by atoms with van der Waals surface area (Å²) in [6, 6.07) is 7.95. The standard InChI is InChI=1S/C34H43ClN10O5S/c1-41-10-12-44(13-11-41)23-6-8-45(9-7-23)28-16-30(48-4)27(14-24(28)22-18-37-42(2)20-22)39-34-36-19-25(35)33(40-34)38-26-15-31-32(50-21-49-31)17-29(26)43(3)51(5,46)47/h14-20,23H,6-13,21H2,1-5H3,(H2,36,38,39,40). The highest BCUT2D eigenvalue weighted by atomic mass is 35.5. The quantitative estimate of drug-likeness (QED) is 0.238. The smallest absolute Gasteiger partial charge is 0.232 e. The van der Waals surface area contributed by atoms with Crippen molar-refractivity contribution in [2.45, 2.75) is 18.9 Å². The Morgan fingerprint density at radius 2 is 1.69 bits per heavy atom. The fraction of sp³-hybridized carbons (Fsp3) is 0.441. The lowest BCUT2D eigenvalue weighted by molar-refractivity contribution is 0.0982. The molecule has 3 aliphatic rings. The van der Waals surface area contributed by atoms with E-state index >= 15 is 0 Å². The van der Waals surface area contributed by atoms with Crippen molar-refractivity contribution in [2.75, 3.05) is 93.4 Å². The van der Waals surface area contributed by atoms with Gasteiger partial charge in [0.25, 0.3) is 0 Å². The van der Waals surface area contributed by atoms with E-state index in [-0.39, 0.29) is 23.6 Å². The molecule has 5 heterocycles. The molecule has 2 saturated heterocycles. The van der Waals surface area contributed by atoms with Crippen molar-refractivity contribution in [1.29, 1.82) is 0 Å². The Morgan fingerprint density at radius 3 is 2.35 bits per heavy atom. The van der Waals surface area contributed by atoms with E-state index in [1.54, 1.807) is 23.9 Å². The van der Waals surface area contributed by atoms with E-state index in [0.717, 1.165) is 79.5 Å². The van der Waals surface area contributed by atoms with Gasteiger partial charge in [-0.1, -0.05) is 11.6 Å². The second-order valence-corrected chi connectivity index (χ2v) is 15.5. The van der Waals surface area contributed by atoms with E-state index in [2.05, 4.69) is 53.5 Å². The van der Waals surface area contributed by atoms with Crippen LogP contribution in [0.5, 0.6) is 17.2 Å². The molecular formula is C34H43ClN10O5S. The Balaban J connectivity index is 1.18. The predicted molar refractivity (Wildman–Crippen MR) is 199 cm³/mol. The molecule has 51 heavy (non-hydrogen) atoms. The van der Waals surface area contributed by atoms with Crippen LogP contribution in [0.15, 0.2) is 42.9 Å². The fourth-order valence-corrected chi connectivity index (χ4v) is 7.43. The molecule has 15 nitrogen and oxygen atoms in total. The van der Waals surface area contributed by atoms with Gasteiger partial charge in [-0.05, 0) is 26.0 Å². The van der Waals surface area contributed by atoms with Crippen LogP contribution in [-0.2, 0) is 17.1 Å². The van der Waals surface area contributed by atoms with Gasteiger partial charge in [-0.15, -0.1) is 0 Å². The van der Waals surface area contributed by atoms with Gasteiger partial charge in [0.2, 0.25) is 22.8 Å². The number of piperidine rings is 1. The zero-order chi connectivity index (χ0) is 35.9. The van der Waals surface area contributed by atoms with Gasteiger partial charge in [-0.25, -0.2) is 13.4 Å². The van der Waals surface area contributed by atoms with Crippen molar-refractivity contribution in [3.63, 3.8) is 0 Å². The van der Waals surface area contributed by atoms with Crippen molar-refractivity contribution in [1.82, 2.24) is 29.5 Å². The van der Waals surface area contributed by atoms with Crippen LogP contribution in [-0.4, -0.2) is 118 Å². The molecule has 0 amide bonds. The van der Waals surface area contributed by atoms with Crippen LogP contribution >= 0.6 is 11.6 Å². The minimum atomic E-state index is -3.61. The highest BCUT2D eigenvalue weighted by Gasteiger charge is 2.29. The Hall–Kier alpha value is -4.51. The monoisotopic (exact) mass is 738 g/mol. The number of hydrogen-bond donors (Lipinski definition) is 2. The molecular weight excluding hydrogens is 696 g/mol. The number of anilines is 6. The average Bonchev–Trinajstić information content (AvgIpc) is 3.77. The van der Waals surface area contributed by atoms with Gasteiger partial charge < -0.3 is 34.6 Å². The molecule has 0 atom stereocenters. The van der Waals surface area contributed by atoms with Gasteiger partial charge in [0.05, 0.1) is 42.8 Å². The summed E-state index contributed by atoms with van der Waals surface area (Å²) < 4.78 is 44.9. The number of rotatable bonds is 10. The molecule has 0 spiro atoms. The molecule has 4 aromatic rings. The molecule has 7 rings (SSSR count). The second-order valence-electron chi connectivity index (χ2n) is 13.1. The van der Waals surface area contributed by atoms with Gasteiger partial charge in [-0.2, -0.15) is 10.1 Å². The largest absolute Gasteiger partial charge is 0.494 e. The lowest BCUT2D eigenvalue weighted by Crippen LogP contribution is -2.52. The van der Waals surface area contributed by atoms with Crippen molar-refractivity contribution in [3.05, 3.63) is 47.9 Å². The average molecular weight is 739 g/mol. The van der Waals surface area contributed by atoms with Gasteiger partial charge >= 0.3 is 0 Å². The number of nitrogens with one attached hydrogen (secondary N) is 2. The van der Waals surface area contributed by atoms with E-state index in [1.165, 1.54) is 13.2 Å². The van der Waals surface area contributed by atoms with Crippen LogP contribution in [0, 0.1) is 0 Å². The molecule has 17 heteroatoms. The number of fused-ring (bicyclic) bond motifs is 1. The minimum Gasteiger partial charge on any atom is -0.494 e. The predicted octanol–water partition coefficient (Wildman–Crippen LogP) is 4.37. The van der Waals surface area contributed by atoms with Crippen LogP contribution in [0.1, 0.15) is 12.8 Å². The lowest BCUT2D eigenvalue weighted by Gasteiger charge is -2.43. The summed E-state index contributed by atoms with van der Waals surface area (Å²) in [5.74, 6) is 2.02. The third-order valence-corrected chi connectivity index (χ3v) is 11.2. The van der Waals surface area contributed by atoms with E-state index in [0.29, 0.717) is 40.4 Å². The summed E-state index contributed by atoms with van der Waals surface area (Å²) in [4.78, 5) is 16.6. The van der Waals surface area contributed by atoms with Gasteiger partial charge in [0.1, 0.15) is 10.8 Å². The number of piperazine rings is 1. The maximum absolute atomic E-state index is 12.5. The van der Waals surface area contributed by atoms with Crippen LogP contribution < -0.4 is 34.0 Å². The summed E-state index contributed by atoms with van der Waals surface area (Å²) in [5.41, 5.74) is 4.44. The van der Waals surface area contributed by atoms with Crippen LogP contribution in [0.25, 0.3) is 11.1 Å². The molecule has 0 unspecified atom stereocenters. The fourth-order valence-electron chi connectivity index (χ4n) is 6.78. The van der Waals surface area contributed by atoms with E-state index in [1.807, 2.05) is 25.5 Å². The molecule has 0 saturated carbocycles. The highest BCUT2D eigenvalue weighted by molar-refractivity contribution is 7.92. The number of aryl methyl sites for hydroxylation is 1. The van der Waals surface area contributed by atoms with Crippen molar-refractivity contribution in [3.8, 4) is 28.4 Å². The van der Waals surface area contributed by atoms with Crippen LogP contribution in [0.2, 0.25) is 5.02 Å². The summed E-state index contributed by atoms with van der Waals surface area (Å²) in [6.45, 7) is 6.38. The maximum Gasteiger partial charge on any atom is 0.232 e. The van der Waals surface area contributed by atoms with Gasteiger partial charge in [-0.3, -0.25) is 13.9 Å². The normalized spacial score (nSPS) is 17.1. The first kappa shape index (κ1) is 34.9. The number of ether oxygens (including phenoxy) is 3. The first-order valence-corrected chi connectivity index (χ1v) is 19.0. The van der Waals surface area contributed by atoms with Gasteiger partial charge in [0.15, 0.2) is 17.3 Å². The third-order valence-electron chi connectivity index (χ3n) is 9.76. The molecule has 3 aliphatic heterocycles. The molecule has 272 valence electrons. The summed E-state index contributed by atoms with van der Waals surface area (Å²) in [7, 11) is 3.59. The molecule has 2 aromatic heterocycles. The van der Waals surface area contributed by atoms with Crippen LogP contribution in [0.3, 0.4) is 0 Å². The number of aromatic nitrogens is 4. The number of nitrogens with zero attached hydrogens (tertiary/aromatic N) is 8. The molecule has 2 aromatic carbocycles. The molecule has 0 bridgehead atoms. The first-order valence-electron chi connectivity index (χ1n) is 16.8. The SMILES string of the molecule is COc1cc(N2CCC(N3CCN(C)CC3)CC2)c(-c2cnn(C)c2)cc1Nc1ncc(Cl)c(Nc2cc3c(cc2N(C)S(C)(=O)=O)OCO3)n1. The van der Waals surface area contributed by atoms with E-state index in [9.17, 15) is 8.42 Å². The molecule has 2 N–H and O–H groups in total. The molecule has 2 fully saturated rings. The highest BCUT2D eigenvalue weighted by Crippen LogP contribution is 2.44. The van der Waals surface area contributed by atoms with Crippen molar-refractivity contribution >= 4 is 56.1 Å². The third kappa shape index (κ3) is 7.45. The number of likely N-dealkylation sites (N-methyl/N-ethyl adjacent to an activating group) is 1. The van der Waals surface area contributed by atoms with E-state index in [4.69, 9.17) is 25.8 Å². The molecule has 0 aliphatic carbocycles. The first-order chi connectivity index (χ1) is 24.5. The number of hydrogen-bond acceptors (Lipinski definition) is 13. The zero-order valence-electron chi connectivity index (χ0n) is 29.4. The Kier molecular flexibility index (Phi) is 9.76. The maximum atomic E-state index is 12.5. The number of methoxy groups -OCH3 is 1. The van der Waals surface area contributed by atoms with Crippen LogP contribution in [0.4, 0.5) is 34.5 Å². The lowest BCUT2D eigenvalue weighted by atomic mass is 9.98. The Labute approximate surface area is 303 Å². The van der Waals surface area contributed by atoms with Crippen molar-refractivity contribution < 1.29 is 22.6 Å². The zero-order valence-corrected chi connectivity index (χ0v) is 31.0. The van der Waals surface area contributed by atoms with Crippen molar-refractivity contribution in [2.24, 2.45) is 7.05 Å². The molecule has 0 radical (unpaired) electrons.